The van der Waals surface area contributed by atoms with Crippen molar-refractivity contribution in [3.05, 3.63) is 94.0 Å². The van der Waals surface area contributed by atoms with Gasteiger partial charge in [0.1, 0.15) is 17.5 Å². The van der Waals surface area contributed by atoms with Gasteiger partial charge in [-0.05, 0) is 67.3 Å². The summed E-state index contributed by atoms with van der Waals surface area (Å²) < 4.78 is 12.2. The van der Waals surface area contributed by atoms with E-state index in [2.05, 4.69) is 21.2 Å². The molecule has 0 spiro atoms. The monoisotopic (exact) mass is 566 g/mol. The molecule has 6 nitrogen and oxygen atoms in total. The number of hydrogen-bond donors (Lipinski definition) is 1. The molecule has 0 aromatic heterocycles. The Morgan fingerprint density at radius 2 is 1.70 bits per heavy atom. The van der Waals surface area contributed by atoms with Crippen LogP contribution in [0.1, 0.15) is 37.0 Å². The van der Waals surface area contributed by atoms with E-state index in [1.807, 2.05) is 93.6 Å². The predicted molar refractivity (Wildman–Crippen MR) is 150 cm³/mol. The van der Waals surface area contributed by atoms with Crippen LogP contribution in [0, 0.1) is 6.92 Å². The zero-order chi connectivity index (χ0) is 26.8. The number of ether oxygens (including phenoxy) is 2. The second-order valence-electron chi connectivity index (χ2n) is 9.10. The molecule has 196 valence electrons. The summed E-state index contributed by atoms with van der Waals surface area (Å²) >= 11 is 3.49. The van der Waals surface area contributed by atoms with Gasteiger partial charge in [0.15, 0.2) is 6.61 Å². The molecule has 2 atom stereocenters. The maximum atomic E-state index is 13.7. The van der Waals surface area contributed by atoms with E-state index in [9.17, 15) is 9.59 Å². The van der Waals surface area contributed by atoms with Gasteiger partial charge in [0.25, 0.3) is 5.91 Å². The number of amides is 2. The van der Waals surface area contributed by atoms with Gasteiger partial charge >= 0.3 is 0 Å². The first-order valence-corrected chi connectivity index (χ1v) is 13.3. The Morgan fingerprint density at radius 1 is 0.973 bits per heavy atom. The van der Waals surface area contributed by atoms with E-state index in [4.69, 9.17) is 9.47 Å². The first-order chi connectivity index (χ1) is 17.8. The minimum atomic E-state index is -0.717. The molecule has 0 saturated heterocycles. The van der Waals surface area contributed by atoms with Crippen LogP contribution in [0.3, 0.4) is 0 Å². The number of nitrogens with zero attached hydrogens (tertiary/aromatic N) is 1. The molecule has 3 rings (SSSR count). The van der Waals surface area contributed by atoms with Crippen LogP contribution in [0.4, 0.5) is 0 Å². The molecular weight excluding hydrogens is 532 g/mol. The topological polar surface area (TPSA) is 67.9 Å². The third-order valence-corrected chi connectivity index (χ3v) is 7.14. The second-order valence-corrected chi connectivity index (χ2v) is 9.95. The number of halogens is 1. The fourth-order valence-corrected chi connectivity index (χ4v) is 4.14. The summed E-state index contributed by atoms with van der Waals surface area (Å²) in [6, 6.07) is 22.1. The van der Waals surface area contributed by atoms with Crippen LogP contribution < -0.4 is 14.8 Å². The number of nitrogens with one attached hydrogen (secondary N) is 1. The Bertz CT molecular complexity index is 1190. The molecule has 7 heteroatoms. The lowest BCUT2D eigenvalue weighted by molar-refractivity contribution is -0.143. The average molecular weight is 568 g/mol. The molecular formula is C30H35BrN2O4. The summed E-state index contributed by atoms with van der Waals surface area (Å²) in [5, 5.41) is 3.08. The summed E-state index contributed by atoms with van der Waals surface area (Å²) in [7, 11) is 1.61. The van der Waals surface area contributed by atoms with Crippen molar-refractivity contribution in [3.63, 3.8) is 0 Å². The van der Waals surface area contributed by atoms with Gasteiger partial charge in [-0.15, -0.1) is 0 Å². The van der Waals surface area contributed by atoms with Crippen LogP contribution in [-0.4, -0.2) is 42.5 Å². The Hall–Kier alpha value is -3.32. The van der Waals surface area contributed by atoms with E-state index in [0.717, 1.165) is 27.6 Å². The highest BCUT2D eigenvalue weighted by atomic mass is 79.9. The summed E-state index contributed by atoms with van der Waals surface area (Å²) in [6.45, 7) is 6.00. The van der Waals surface area contributed by atoms with E-state index in [1.165, 1.54) is 0 Å². The standard InChI is InChI=1S/C30H35BrN2O4/c1-5-22(3)32-30(35)28(18-23-10-7-6-8-11-23)33(19-24-12-9-13-25(17-24)36-4)29(34)20-37-26-14-15-27(31)21(2)16-26/h6-17,22,28H,5,18-20H2,1-4H3,(H,32,35)/t22-,28+/m1/s1. The van der Waals surface area contributed by atoms with Gasteiger partial charge in [-0.2, -0.15) is 0 Å². The normalized spacial score (nSPS) is 12.4. The van der Waals surface area contributed by atoms with Crippen molar-refractivity contribution in [2.24, 2.45) is 0 Å². The molecule has 0 fully saturated rings. The van der Waals surface area contributed by atoms with Crippen LogP contribution in [-0.2, 0) is 22.6 Å². The van der Waals surface area contributed by atoms with Crippen molar-refractivity contribution in [3.8, 4) is 11.5 Å². The second kappa shape index (κ2) is 13.8. The maximum Gasteiger partial charge on any atom is 0.261 e. The van der Waals surface area contributed by atoms with E-state index in [1.54, 1.807) is 12.0 Å². The molecule has 0 unspecified atom stereocenters. The Kier molecular flexibility index (Phi) is 10.6. The fourth-order valence-electron chi connectivity index (χ4n) is 3.90. The molecule has 0 aliphatic heterocycles. The molecule has 0 saturated carbocycles. The molecule has 0 radical (unpaired) electrons. The first kappa shape index (κ1) is 28.3. The lowest BCUT2D eigenvalue weighted by Crippen LogP contribution is -2.53. The molecule has 2 amide bonds. The average Bonchev–Trinajstić information content (AvgIpc) is 2.91. The van der Waals surface area contributed by atoms with Gasteiger partial charge in [-0.25, -0.2) is 0 Å². The zero-order valence-electron chi connectivity index (χ0n) is 21.9. The minimum absolute atomic E-state index is 0.0125. The first-order valence-electron chi connectivity index (χ1n) is 12.5. The van der Waals surface area contributed by atoms with Crippen molar-refractivity contribution in [2.45, 2.75) is 52.2 Å². The van der Waals surface area contributed by atoms with Crippen LogP contribution in [0.2, 0.25) is 0 Å². The van der Waals surface area contributed by atoms with Crippen LogP contribution in [0.25, 0.3) is 0 Å². The minimum Gasteiger partial charge on any atom is -0.497 e. The summed E-state index contributed by atoms with van der Waals surface area (Å²) in [6.07, 6.45) is 1.18. The third-order valence-electron chi connectivity index (χ3n) is 6.25. The fraction of sp³-hybridized carbons (Fsp3) is 0.333. The van der Waals surface area contributed by atoms with Crippen LogP contribution >= 0.6 is 15.9 Å². The Balaban J connectivity index is 1.93. The third kappa shape index (κ3) is 8.35. The number of methoxy groups -OCH3 is 1. The number of benzene rings is 3. The van der Waals surface area contributed by atoms with Crippen molar-refractivity contribution in [1.82, 2.24) is 10.2 Å². The van der Waals surface area contributed by atoms with Gasteiger partial charge in [-0.3, -0.25) is 9.59 Å². The smallest absolute Gasteiger partial charge is 0.261 e. The SMILES string of the molecule is CC[C@@H](C)NC(=O)[C@H](Cc1ccccc1)N(Cc1cccc(OC)c1)C(=O)COc1ccc(Br)c(C)c1. The Morgan fingerprint density at radius 3 is 2.38 bits per heavy atom. The molecule has 0 heterocycles. The van der Waals surface area contributed by atoms with Gasteiger partial charge in [0, 0.05) is 23.5 Å². The molecule has 1 N–H and O–H groups in total. The molecule has 0 aliphatic rings. The molecule has 0 aliphatic carbocycles. The summed E-state index contributed by atoms with van der Waals surface area (Å²) in [4.78, 5) is 28.9. The highest BCUT2D eigenvalue weighted by Gasteiger charge is 2.31. The van der Waals surface area contributed by atoms with Gasteiger partial charge in [-0.1, -0.05) is 65.3 Å². The molecule has 3 aromatic carbocycles. The lowest BCUT2D eigenvalue weighted by atomic mass is 10.0. The van der Waals surface area contributed by atoms with Gasteiger partial charge < -0.3 is 19.7 Å². The zero-order valence-corrected chi connectivity index (χ0v) is 23.5. The molecule has 0 bridgehead atoms. The van der Waals surface area contributed by atoms with E-state index in [0.29, 0.717) is 17.9 Å². The molecule has 37 heavy (non-hydrogen) atoms. The summed E-state index contributed by atoms with van der Waals surface area (Å²) in [5.41, 5.74) is 2.84. The summed E-state index contributed by atoms with van der Waals surface area (Å²) in [5.74, 6) is 0.826. The lowest BCUT2D eigenvalue weighted by Gasteiger charge is -2.32. The highest BCUT2D eigenvalue weighted by molar-refractivity contribution is 9.10. The van der Waals surface area contributed by atoms with Crippen molar-refractivity contribution >= 4 is 27.7 Å². The quantitative estimate of drug-likeness (QED) is 0.305. The number of hydrogen-bond acceptors (Lipinski definition) is 4. The number of carbonyl (C=O) groups is 2. The highest BCUT2D eigenvalue weighted by Crippen LogP contribution is 2.23. The van der Waals surface area contributed by atoms with Gasteiger partial charge in [0.2, 0.25) is 5.91 Å². The van der Waals surface area contributed by atoms with Crippen molar-refractivity contribution in [1.29, 1.82) is 0 Å². The van der Waals surface area contributed by atoms with Crippen LogP contribution in [0.5, 0.6) is 11.5 Å². The maximum absolute atomic E-state index is 13.7. The van der Waals surface area contributed by atoms with Gasteiger partial charge in [0.05, 0.1) is 7.11 Å². The number of carbonyl (C=O) groups excluding carboxylic acids is 2. The van der Waals surface area contributed by atoms with E-state index in [-0.39, 0.29) is 31.0 Å². The number of aryl methyl sites for hydroxylation is 1. The predicted octanol–water partition coefficient (Wildman–Crippen LogP) is 5.70. The van der Waals surface area contributed by atoms with E-state index >= 15 is 0 Å². The van der Waals surface area contributed by atoms with Crippen molar-refractivity contribution < 1.29 is 19.1 Å². The van der Waals surface area contributed by atoms with Crippen LogP contribution in [0.15, 0.2) is 77.3 Å². The number of rotatable bonds is 12. The largest absolute Gasteiger partial charge is 0.497 e. The Labute approximate surface area is 228 Å². The van der Waals surface area contributed by atoms with Crippen molar-refractivity contribution in [2.75, 3.05) is 13.7 Å². The van der Waals surface area contributed by atoms with E-state index < -0.39 is 6.04 Å². The molecule has 3 aromatic rings.